The van der Waals surface area contributed by atoms with Crippen molar-refractivity contribution in [2.45, 2.75) is 38.0 Å². The molecule has 41 heavy (non-hydrogen) atoms. The number of hydrogen-bond acceptors (Lipinski definition) is 7. The molecule has 0 saturated heterocycles. The zero-order valence-electron chi connectivity index (χ0n) is 21.3. The number of carboxylic acids is 1. The third-order valence-electron chi connectivity index (χ3n) is 5.62. The first-order chi connectivity index (χ1) is 19.3. The van der Waals surface area contributed by atoms with Crippen LogP contribution in [0.4, 0.5) is 26.3 Å². The van der Waals surface area contributed by atoms with Crippen LogP contribution in [0.25, 0.3) is 0 Å². The van der Waals surface area contributed by atoms with E-state index >= 15 is 0 Å². The van der Waals surface area contributed by atoms with Crippen LogP contribution in [0.3, 0.4) is 0 Å². The van der Waals surface area contributed by atoms with Crippen molar-refractivity contribution in [1.29, 1.82) is 0 Å². The Labute approximate surface area is 228 Å². The Morgan fingerprint density at radius 3 is 1.44 bits per heavy atom. The summed E-state index contributed by atoms with van der Waals surface area (Å²) in [5.41, 5.74) is 1.05. The second-order valence-corrected chi connectivity index (χ2v) is 8.55. The first kappa shape index (κ1) is 30.9. The van der Waals surface area contributed by atoms with Crippen molar-refractivity contribution >= 4 is 11.9 Å². The number of aromatic nitrogens is 2. The predicted octanol–water partition coefficient (Wildman–Crippen LogP) is 6.44. The van der Waals surface area contributed by atoms with E-state index in [0.717, 1.165) is 29.8 Å². The van der Waals surface area contributed by atoms with Crippen LogP contribution in [0.2, 0.25) is 0 Å². The number of rotatable bonds is 8. The molecule has 0 unspecified atom stereocenters. The lowest BCUT2D eigenvalue weighted by Crippen LogP contribution is -2.04. The number of aryl methyl sites for hydroxylation is 4. The molecule has 0 aliphatic heterocycles. The van der Waals surface area contributed by atoms with Crippen LogP contribution in [0.1, 0.15) is 54.8 Å². The van der Waals surface area contributed by atoms with Crippen LogP contribution in [-0.2, 0) is 42.8 Å². The molecule has 0 fully saturated rings. The molecule has 8 nitrogen and oxygen atoms in total. The Morgan fingerprint density at radius 2 is 1.10 bits per heavy atom. The molecule has 4 aromatic rings. The van der Waals surface area contributed by atoms with Gasteiger partial charge in [0.25, 0.3) is 0 Å². The van der Waals surface area contributed by atoms with Crippen molar-refractivity contribution in [1.82, 2.24) is 10.3 Å². The summed E-state index contributed by atoms with van der Waals surface area (Å²) in [4.78, 5) is 21.7. The van der Waals surface area contributed by atoms with Gasteiger partial charge in [-0.05, 0) is 61.1 Å². The van der Waals surface area contributed by atoms with E-state index in [9.17, 15) is 35.9 Å². The lowest BCUT2D eigenvalue weighted by atomic mass is 10.1. The summed E-state index contributed by atoms with van der Waals surface area (Å²) < 4.78 is 88.2. The SMILES string of the molecule is COC(=O)c1cc(CCc2ccc(C(F)(F)F)cc2)no1.O=C(O)c1cc(CCc2ccc(C(F)(F)F)cc2)no1. The number of halogens is 6. The van der Waals surface area contributed by atoms with E-state index in [4.69, 9.17) is 9.63 Å². The lowest BCUT2D eigenvalue weighted by molar-refractivity contribution is -0.138. The lowest BCUT2D eigenvalue weighted by Gasteiger charge is -2.07. The van der Waals surface area contributed by atoms with Crippen LogP contribution in [0.15, 0.2) is 69.7 Å². The Morgan fingerprint density at radius 1 is 0.707 bits per heavy atom. The van der Waals surface area contributed by atoms with Crippen LogP contribution in [0.5, 0.6) is 0 Å². The van der Waals surface area contributed by atoms with Gasteiger partial charge in [0.15, 0.2) is 0 Å². The quantitative estimate of drug-likeness (QED) is 0.186. The maximum Gasteiger partial charge on any atom is 0.416 e. The number of carboxylic acid groups (broad SMARTS) is 1. The monoisotopic (exact) mass is 584 g/mol. The molecule has 0 saturated carbocycles. The molecule has 218 valence electrons. The van der Waals surface area contributed by atoms with Gasteiger partial charge in [0.2, 0.25) is 11.5 Å². The number of nitrogens with zero attached hydrogens (tertiary/aromatic N) is 2. The second kappa shape index (κ2) is 13.2. The molecule has 1 N–H and O–H groups in total. The summed E-state index contributed by atoms with van der Waals surface area (Å²) in [5.74, 6) is -2.09. The number of alkyl halides is 6. The van der Waals surface area contributed by atoms with Gasteiger partial charge in [0.1, 0.15) is 0 Å². The minimum atomic E-state index is -4.35. The molecular weight excluding hydrogens is 562 g/mol. The first-order valence-electron chi connectivity index (χ1n) is 11.8. The molecule has 2 aromatic carbocycles. The zero-order chi connectivity index (χ0) is 30.2. The van der Waals surface area contributed by atoms with Crippen molar-refractivity contribution in [3.63, 3.8) is 0 Å². The molecule has 0 bridgehead atoms. The van der Waals surface area contributed by atoms with Gasteiger partial charge in [0, 0.05) is 12.1 Å². The fraction of sp³-hybridized carbons (Fsp3) is 0.259. The number of esters is 1. The number of methoxy groups -OCH3 is 1. The fourth-order valence-corrected chi connectivity index (χ4v) is 3.42. The Balaban J connectivity index is 0.000000226. The molecular formula is C27H22F6N2O6. The Hall–Kier alpha value is -4.62. The zero-order valence-corrected chi connectivity index (χ0v) is 21.3. The highest BCUT2D eigenvalue weighted by Crippen LogP contribution is 2.30. The van der Waals surface area contributed by atoms with Crippen molar-refractivity contribution in [3.05, 3.63) is 106 Å². The van der Waals surface area contributed by atoms with Crippen LogP contribution in [0, 0.1) is 0 Å². The predicted molar refractivity (Wildman–Crippen MR) is 129 cm³/mol. The molecule has 0 radical (unpaired) electrons. The number of aromatic carboxylic acids is 1. The Bertz CT molecular complexity index is 1440. The van der Waals surface area contributed by atoms with Crippen LogP contribution in [-0.4, -0.2) is 34.5 Å². The summed E-state index contributed by atoms with van der Waals surface area (Å²) in [6, 6.07) is 12.5. The van der Waals surface area contributed by atoms with E-state index in [0.29, 0.717) is 42.6 Å². The van der Waals surface area contributed by atoms with Gasteiger partial charge in [-0.25, -0.2) is 9.59 Å². The van der Waals surface area contributed by atoms with Crippen LogP contribution >= 0.6 is 0 Å². The molecule has 0 atom stereocenters. The first-order valence-corrected chi connectivity index (χ1v) is 11.8. The van der Waals surface area contributed by atoms with E-state index < -0.39 is 35.4 Å². The number of carbonyl (C=O) groups excluding carboxylic acids is 1. The van der Waals surface area contributed by atoms with Crippen molar-refractivity contribution in [2.24, 2.45) is 0 Å². The fourth-order valence-electron chi connectivity index (χ4n) is 3.42. The summed E-state index contributed by atoms with van der Waals surface area (Å²) in [6.07, 6.45) is -6.90. The maximum atomic E-state index is 12.4. The molecule has 14 heteroatoms. The number of benzene rings is 2. The third kappa shape index (κ3) is 9.22. The van der Waals surface area contributed by atoms with Gasteiger partial charge in [-0.15, -0.1) is 0 Å². The van der Waals surface area contributed by atoms with Gasteiger partial charge in [0.05, 0.1) is 29.6 Å². The number of carbonyl (C=O) groups is 2. The smallest absolute Gasteiger partial charge is 0.416 e. The van der Waals surface area contributed by atoms with Crippen molar-refractivity contribution in [3.8, 4) is 0 Å². The highest BCUT2D eigenvalue weighted by Gasteiger charge is 2.30. The standard InChI is InChI=1S/C14H12F3NO3.C13H10F3NO3/c1-20-13(19)12-8-11(18-21-12)7-4-9-2-5-10(6-3-9)14(15,16)17;14-13(15,16)9-4-1-8(2-5-9)3-6-10-7-11(12(18)19)20-17-10/h2-3,5-6,8H,4,7H2,1H3;1-2,4-5,7H,3,6H2,(H,18,19). The largest absolute Gasteiger partial charge is 0.475 e. The maximum absolute atomic E-state index is 12.4. The van der Waals surface area contributed by atoms with E-state index in [1.165, 1.54) is 43.5 Å². The molecule has 0 aliphatic rings. The van der Waals surface area contributed by atoms with Crippen molar-refractivity contribution in [2.75, 3.05) is 7.11 Å². The minimum Gasteiger partial charge on any atom is -0.475 e. The van der Waals surface area contributed by atoms with Gasteiger partial charge in [-0.2, -0.15) is 26.3 Å². The van der Waals surface area contributed by atoms with Gasteiger partial charge in [-0.1, -0.05) is 34.6 Å². The van der Waals surface area contributed by atoms with E-state index in [1.54, 1.807) is 0 Å². The minimum absolute atomic E-state index is 0.0000747. The van der Waals surface area contributed by atoms with Gasteiger partial charge < -0.3 is 18.9 Å². The average molecular weight is 584 g/mol. The topological polar surface area (TPSA) is 116 Å². The molecule has 2 aromatic heterocycles. The molecule has 0 aliphatic carbocycles. The van der Waals surface area contributed by atoms with Gasteiger partial charge in [-0.3, -0.25) is 0 Å². The van der Waals surface area contributed by atoms with Crippen LogP contribution < -0.4 is 0 Å². The van der Waals surface area contributed by atoms with E-state index in [1.807, 2.05) is 0 Å². The normalized spacial score (nSPS) is 11.5. The molecule has 0 spiro atoms. The number of ether oxygens (including phenoxy) is 1. The molecule has 4 rings (SSSR count). The number of hydrogen-bond donors (Lipinski definition) is 1. The average Bonchev–Trinajstić information content (AvgIpc) is 3.60. The second-order valence-electron chi connectivity index (χ2n) is 8.55. The summed E-state index contributed by atoms with van der Waals surface area (Å²) in [6.45, 7) is 0. The van der Waals surface area contributed by atoms with E-state index in [2.05, 4.69) is 19.6 Å². The third-order valence-corrected chi connectivity index (χ3v) is 5.62. The van der Waals surface area contributed by atoms with E-state index in [-0.39, 0.29) is 11.5 Å². The summed E-state index contributed by atoms with van der Waals surface area (Å²) >= 11 is 0. The highest BCUT2D eigenvalue weighted by atomic mass is 19.4. The highest BCUT2D eigenvalue weighted by molar-refractivity contribution is 5.86. The van der Waals surface area contributed by atoms with Gasteiger partial charge >= 0.3 is 24.3 Å². The summed E-state index contributed by atoms with van der Waals surface area (Å²) in [7, 11) is 1.23. The van der Waals surface area contributed by atoms with Crippen molar-refractivity contribution < 1.29 is 54.8 Å². The molecule has 2 heterocycles. The molecule has 0 amide bonds. The summed E-state index contributed by atoms with van der Waals surface area (Å²) in [5, 5.41) is 15.9. The Kier molecular flexibility index (Phi) is 9.92.